The van der Waals surface area contributed by atoms with Crippen LogP contribution in [0, 0.1) is 0 Å². The zero-order valence-electron chi connectivity index (χ0n) is 8.99. The normalized spacial score (nSPS) is 20.2. The van der Waals surface area contributed by atoms with Crippen LogP contribution in [-0.2, 0) is 11.3 Å². The number of nitrogens with one attached hydrogen (secondary N) is 1. The maximum atomic E-state index is 5.81. The summed E-state index contributed by atoms with van der Waals surface area (Å²) in [4.78, 5) is 4.08. The molecule has 1 aromatic rings. The number of ether oxygens (including phenoxy) is 1. The predicted molar refractivity (Wildman–Crippen MR) is 69.9 cm³/mol. The van der Waals surface area contributed by atoms with Crippen molar-refractivity contribution in [2.45, 2.75) is 25.6 Å². The summed E-state index contributed by atoms with van der Waals surface area (Å²) in [5.41, 5.74) is 1.17. The maximum absolute atomic E-state index is 5.81. The standard InChI is InChI=1S/C11H15BrN2O.ClH/c12-11-6-9(3-5-14-11)8-15-10-2-1-4-13-7-10;/h3,5-6,10,13H,1-2,4,7-8H2;1H/t10-;/m0./s1. The molecule has 1 aliphatic heterocycles. The summed E-state index contributed by atoms with van der Waals surface area (Å²) in [6, 6.07) is 3.98. The van der Waals surface area contributed by atoms with Crippen LogP contribution in [0.4, 0.5) is 0 Å². The van der Waals surface area contributed by atoms with Gasteiger partial charge < -0.3 is 10.1 Å². The molecular formula is C11H16BrClN2O. The minimum Gasteiger partial charge on any atom is -0.372 e. The van der Waals surface area contributed by atoms with E-state index in [9.17, 15) is 0 Å². The molecule has 0 aromatic carbocycles. The molecule has 2 heterocycles. The largest absolute Gasteiger partial charge is 0.372 e. The lowest BCUT2D eigenvalue weighted by atomic mass is 10.1. The van der Waals surface area contributed by atoms with E-state index in [1.54, 1.807) is 6.20 Å². The van der Waals surface area contributed by atoms with E-state index >= 15 is 0 Å². The Labute approximate surface area is 111 Å². The third-order valence-electron chi connectivity index (χ3n) is 2.53. The van der Waals surface area contributed by atoms with Gasteiger partial charge in [0.1, 0.15) is 4.60 Å². The van der Waals surface area contributed by atoms with Gasteiger partial charge in [-0.3, -0.25) is 0 Å². The minimum absolute atomic E-state index is 0. The van der Waals surface area contributed by atoms with Crippen molar-refractivity contribution >= 4 is 28.3 Å². The fourth-order valence-corrected chi connectivity index (χ4v) is 2.12. The summed E-state index contributed by atoms with van der Waals surface area (Å²) < 4.78 is 6.68. The molecule has 1 aromatic heterocycles. The molecule has 0 radical (unpaired) electrons. The Morgan fingerprint density at radius 3 is 3.12 bits per heavy atom. The minimum atomic E-state index is 0. The summed E-state index contributed by atoms with van der Waals surface area (Å²) in [6.45, 7) is 2.78. The van der Waals surface area contributed by atoms with Crippen molar-refractivity contribution in [2.75, 3.05) is 13.1 Å². The molecule has 1 N–H and O–H groups in total. The van der Waals surface area contributed by atoms with Crippen molar-refractivity contribution in [3.05, 3.63) is 28.5 Å². The van der Waals surface area contributed by atoms with Crippen molar-refractivity contribution in [3.8, 4) is 0 Å². The highest BCUT2D eigenvalue weighted by molar-refractivity contribution is 9.10. The molecule has 1 fully saturated rings. The van der Waals surface area contributed by atoms with Gasteiger partial charge in [0.2, 0.25) is 0 Å². The van der Waals surface area contributed by atoms with Gasteiger partial charge in [-0.15, -0.1) is 12.4 Å². The molecule has 2 rings (SSSR count). The topological polar surface area (TPSA) is 34.1 Å². The average Bonchev–Trinajstić information content (AvgIpc) is 2.28. The zero-order valence-corrected chi connectivity index (χ0v) is 11.4. The van der Waals surface area contributed by atoms with Crippen LogP contribution in [-0.4, -0.2) is 24.2 Å². The van der Waals surface area contributed by atoms with Gasteiger partial charge in [-0.05, 0) is 53.0 Å². The van der Waals surface area contributed by atoms with Crippen molar-refractivity contribution in [3.63, 3.8) is 0 Å². The first kappa shape index (κ1) is 13.9. The summed E-state index contributed by atoms with van der Waals surface area (Å²) in [6.07, 6.45) is 4.54. The summed E-state index contributed by atoms with van der Waals surface area (Å²) >= 11 is 3.35. The van der Waals surface area contributed by atoms with Gasteiger partial charge in [-0.25, -0.2) is 4.98 Å². The lowest BCUT2D eigenvalue weighted by Crippen LogP contribution is -2.35. The average molecular weight is 308 g/mol. The molecule has 1 saturated heterocycles. The van der Waals surface area contributed by atoms with Crippen molar-refractivity contribution in [1.29, 1.82) is 0 Å². The molecular weight excluding hydrogens is 291 g/mol. The van der Waals surface area contributed by atoms with Crippen LogP contribution in [0.1, 0.15) is 18.4 Å². The Kier molecular flexibility index (Phi) is 6.28. The van der Waals surface area contributed by atoms with Gasteiger partial charge in [0.25, 0.3) is 0 Å². The van der Waals surface area contributed by atoms with Gasteiger partial charge in [0.15, 0.2) is 0 Å². The Morgan fingerprint density at radius 2 is 2.44 bits per heavy atom. The fraction of sp³-hybridized carbons (Fsp3) is 0.545. The molecule has 90 valence electrons. The molecule has 0 saturated carbocycles. The van der Waals surface area contributed by atoms with Crippen LogP contribution in [0.25, 0.3) is 0 Å². The third kappa shape index (κ3) is 4.37. The highest BCUT2D eigenvalue weighted by atomic mass is 79.9. The molecule has 0 aliphatic carbocycles. The Balaban J connectivity index is 0.00000128. The number of hydrogen-bond donors (Lipinski definition) is 1. The summed E-state index contributed by atoms with van der Waals surface area (Å²) in [5, 5.41) is 3.34. The number of hydrogen-bond acceptors (Lipinski definition) is 3. The number of aromatic nitrogens is 1. The molecule has 16 heavy (non-hydrogen) atoms. The molecule has 1 aliphatic rings. The number of pyridine rings is 1. The van der Waals surface area contributed by atoms with E-state index in [1.807, 2.05) is 12.1 Å². The van der Waals surface area contributed by atoms with Crippen LogP contribution in [0.3, 0.4) is 0 Å². The van der Waals surface area contributed by atoms with Gasteiger partial charge in [0.05, 0.1) is 12.7 Å². The smallest absolute Gasteiger partial charge is 0.106 e. The second-order valence-electron chi connectivity index (χ2n) is 3.77. The van der Waals surface area contributed by atoms with Crippen molar-refractivity contribution < 1.29 is 4.74 Å². The summed E-state index contributed by atoms with van der Waals surface area (Å²) in [7, 11) is 0. The van der Waals surface area contributed by atoms with E-state index < -0.39 is 0 Å². The van der Waals surface area contributed by atoms with E-state index in [-0.39, 0.29) is 12.4 Å². The van der Waals surface area contributed by atoms with Crippen molar-refractivity contribution in [1.82, 2.24) is 10.3 Å². The highest BCUT2D eigenvalue weighted by Gasteiger charge is 2.12. The second-order valence-corrected chi connectivity index (χ2v) is 4.58. The molecule has 3 nitrogen and oxygen atoms in total. The van der Waals surface area contributed by atoms with Crippen LogP contribution in [0.5, 0.6) is 0 Å². The second kappa shape index (κ2) is 7.22. The molecule has 1 atom stereocenters. The Morgan fingerprint density at radius 1 is 1.56 bits per heavy atom. The van der Waals surface area contributed by atoms with Crippen LogP contribution in [0.2, 0.25) is 0 Å². The van der Waals surface area contributed by atoms with E-state index in [0.29, 0.717) is 12.7 Å². The van der Waals surface area contributed by atoms with Gasteiger partial charge >= 0.3 is 0 Å². The lowest BCUT2D eigenvalue weighted by Gasteiger charge is -2.23. The quantitative estimate of drug-likeness (QED) is 0.872. The first-order valence-corrected chi connectivity index (χ1v) is 6.06. The summed E-state index contributed by atoms with van der Waals surface area (Å²) in [5.74, 6) is 0. The van der Waals surface area contributed by atoms with E-state index in [1.165, 1.54) is 18.4 Å². The predicted octanol–water partition coefficient (Wildman–Crippen LogP) is 2.53. The molecule has 0 unspecified atom stereocenters. The number of nitrogens with zero attached hydrogens (tertiary/aromatic N) is 1. The monoisotopic (exact) mass is 306 g/mol. The van der Waals surface area contributed by atoms with Crippen molar-refractivity contribution in [2.24, 2.45) is 0 Å². The maximum Gasteiger partial charge on any atom is 0.106 e. The zero-order chi connectivity index (χ0) is 10.5. The first-order valence-electron chi connectivity index (χ1n) is 5.27. The third-order valence-corrected chi connectivity index (χ3v) is 2.96. The molecule has 0 spiro atoms. The Bertz CT molecular complexity index is 319. The van der Waals surface area contributed by atoms with Crippen LogP contribution >= 0.6 is 28.3 Å². The molecule has 0 bridgehead atoms. The number of piperidine rings is 1. The Hall–Kier alpha value is -0.160. The van der Waals surface area contributed by atoms with Crippen LogP contribution < -0.4 is 5.32 Å². The molecule has 0 amide bonds. The highest BCUT2D eigenvalue weighted by Crippen LogP contribution is 2.12. The van der Waals surface area contributed by atoms with E-state index in [2.05, 4.69) is 26.2 Å². The van der Waals surface area contributed by atoms with E-state index in [4.69, 9.17) is 4.74 Å². The van der Waals surface area contributed by atoms with Gasteiger partial charge in [-0.2, -0.15) is 0 Å². The number of rotatable bonds is 3. The van der Waals surface area contributed by atoms with Crippen LogP contribution in [0.15, 0.2) is 22.9 Å². The molecule has 5 heteroatoms. The van der Waals surface area contributed by atoms with E-state index in [0.717, 1.165) is 17.7 Å². The lowest BCUT2D eigenvalue weighted by molar-refractivity contribution is 0.0252. The first-order chi connectivity index (χ1) is 7.34. The number of halogens is 2. The fourth-order valence-electron chi connectivity index (χ4n) is 1.71. The van der Waals surface area contributed by atoms with Gasteiger partial charge in [-0.1, -0.05) is 0 Å². The SMILES string of the molecule is Brc1cc(CO[C@H]2CCCNC2)ccn1.Cl. The van der Waals surface area contributed by atoms with Gasteiger partial charge in [0, 0.05) is 12.7 Å².